The van der Waals surface area contributed by atoms with Gasteiger partial charge in [0.15, 0.2) is 11.5 Å². The highest BCUT2D eigenvalue weighted by atomic mass is 32.1. The first kappa shape index (κ1) is 21.9. The minimum atomic E-state index is -0.583. The van der Waals surface area contributed by atoms with E-state index >= 15 is 0 Å². The third kappa shape index (κ3) is 5.65. The van der Waals surface area contributed by atoms with Crippen molar-refractivity contribution in [1.29, 1.82) is 5.26 Å². The lowest BCUT2D eigenvalue weighted by atomic mass is 10.1. The summed E-state index contributed by atoms with van der Waals surface area (Å²) in [5.74, 6) is -0.140. The van der Waals surface area contributed by atoms with Gasteiger partial charge in [-0.25, -0.2) is 4.39 Å². The summed E-state index contributed by atoms with van der Waals surface area (Å²) in [7, 11) is 1.47. The Labute approximate surface area is 182 Å². The van der Waals surface area contributed by atoms with Gasteiger partial charge in [0.25, 0.3) is 5.91 Å². The van der Waals surface area contributed by atoms with Crippen LogP contribution in [0.1, 0.15) is 23.1 Å². The van der Waals surface area contributed by atoms with Crippen molar-refractivity contribution in [2.24, 2.45) is 0 Å². The summed E-state index contributed by atoms with van der Waals surface area (Å²) in [6.45, 7) is 1.97. The lowest BCUT2D eigenvalue weighted by molar-refractivity contribution is -0.112. The predicted octanol–water partition coefficient (Wildman–Crippen LogP) is 4.37. The van der Waals surface area contributed by atoms with E-state index in [0.717, 1.165) is 5.01 Å². The quantitative estimate of drug-likeness (QED) is 0.414. The van der Waals surface area contributed by atoms with Crippen LogP contribution in [0.15, 0.2) is 48.0 Å². The van der Waals surface area contributed by atoms with E-state index in [0.29, 0.717) is 34.2 Å². The molecule has 9 heteroatoms. The standard InChI is InChI=1S/C22H19FN4O3S/c1-3-20-26-27-22(31-20)25-21(28)16(12-24)10-14-8-9-18(19(11-14)29-2)30-13-15-6-4-5-7-17(15)23/h4-11H,3,13H2,1-2H3,(H,25,27,28). The first-order chi connectivity index (χ1) is 15.0. The Hall–Kier alpha value is -3.77. The molecule has 0 fully saturated rings. The molecule has 1 N–H and O–H groups in total. The molecule has 0 saturated heterocycles. The highest BCUT2D eigenvalue weighted by Crippen LogP contribution is 2.30. The molecule has 1 aromatic heterocycles. The molecule has 1 heterocycles. The van der Waals surface area contributed by atoms with E-state index in [2.05, 4.69) is 15.5 Å². The van der Waals surface area contributed by atoms with Crippen molar-refractivity contribution in [3.63, 3.8) is 0 Å². The van der Waals surface area contributed by atoms with E-state index in [1.807, 2.05) is 13.0 Å². The number of carbonyl (C=O) groups excluding carboxylic acids is 1. The Kier molecular flexibility index (Phi) is 7.30. The number of hydrogen-bond acceptors (Lipinski definition) is 7. The van der Waals surface area contributed by atoms with E-state index in [9.17, 15) is 14.4 Å². The summed E-state index contributed by atoms with van der Waals surface area (Å²) in [5.41, 5.74) is 0.878. The summed E-state index contributed by atoms with van der Waals surface area (Å²) in [5, 5.41) is 20.9. The zero-order chi connectivity index (χ0) is 22.2. The first-order valence-corrected chi connectivity index (χ1v) is 10.2. The number of hydrogen-bond donors (Lipinski definition) is 1. The number of aryl methyl sites for hydroxylation is 1. The summed E-state index contributed by atoms with van der Waals surface area (Å²) in [6.07, 6.45) is 2.14. The Morgan fingerprint density at radius 3 is 2.74 bits per heavy atom. The fourth-order valence-corrected chi connectivity index (χ4v) is 3.27. The minimum Gasteiger partial charge on any atom is -0.493 e. The lowest BCUT2D eigenvalue weighted by Gasteiger charge is -2.12. The lowest BCUT2D eigenvalue weighted by Crippen LogP contribution is -2.13. The fourth-order valence-electron chi connectivity index (χ4n) is 2.59. The number of halogens is 1. The van der Waals surface area contributed by atoms with Crippen molar-refractivity contribution in [2.75, 3.05) is 12.4 Å². The number of nitriles is 1. The van der Waals surface area contributed by atoms with Gasteiger partial charge in [0.2, 0.25) is 5.13 Å². The van der Waals surface area contributed by atoms with Crippen LogP contribution in [0, 0.1) is 17.1 Å². The average molecular weight is 438 g/mol. The van der Waals surface area contributed by atoms with Crippen molar-refractivity contribution in [3.8, 4) is 17.6 Å². The summed E-state index contributed by atoms with van der Waals surface area (Å²) >= 11 is 1.25. The second kappa shape index (κ2) is 10.3. The SMILES string of the molecule is CCc1nnc(NC(=O)C(C#N)=Cc2ccc(OCc3ccccc3F)c(OC)c2)s1. The van der Waals surface area contributed by atoms with Gasteiger partial charge >= 0.3 is 0 Å². The molecule has 3 rings (SSSR count). The second-order valence-corrected chi connectivity index (χ2v) is 7.33. The predicted molar refractivity (Wildman–Crippen MR) is 115 cm³/mol. The van der Waals surface area contributed by atoms with Gasteiger partial charge in [-0.15, -0.1) is 10.2 Å². The van der Waals surface area contributed by atoms with Crippen LogP contribution < -0.4 is 14.8 Å². The van der Waals surface area contributed by atoms with E-state index in [1.54, 1.807) is 36.4 Å². The first-order valence-electron chi connectivity index (χ1n) is 9.33. The molecule has 2 aromatic carbocycles. The molecular formula is C22H19FN4O3S. The van der Waals surface area contributed by atoms with E-state index < -0.39 is 5.91 Å². The topological polar surface area (TPSA) is 97.1 Å². The average Bonchev–Trinajstić information content (AvgIpc) is 3.24. The van der Waals surface area contributed by atoms with Crippen LogP contribution in [0.5, 0.6) is 11.5 Å². The molecule has 0 saturated carbocycles. The molecule has 0 radical (unpaired) electrons. The number of amides is 1. The number of methoxy groups -OCH3 is 1. The van der Waals surface area contributed by atoms with Gasteiger partial charge in [0.1, 0.15) is 29.1 Å². The fraction of sp³-hybridized carbons (Fsp3) is 0.182. The molecule has 0 bridgehead atoms. The van der Waals surface area contributed by atoms with Crippen molar-refractivity contribution in [3.05, 3.63) is 70.0 Å². The van der Waals surface area contributed by atoms with Gasteiger partial charge in [-0.2, -0.15) is 5.26 Å². The van der Waals surface area contributed by atoms with E-state index in [-0.39, 0.29) is 18.0 Å². The van der Waals surface area contributed by atoms with Crippen LogP contribution in [0.2, 0.25) is 0 Å². The number of aromatic nitrogens is 2. The second-order valence-electron chi connectivity index (χ2n) is 6.27. The molecular weight excluding hydrogens is 419 g/mol. The molecule has 1 amide bonds. The molecule has 0 unspecified atom stereocenters. The number of nitrogens with zero attached hydrogens (tertiary/aromatic N) is 3. The van der Waals surface area contributed by atoms with Crippen molar-refractivity contribution < 1.29 is 18.7 Å². The highest BCUT2D eigenvalue weighted by molar-refractivity contribution is 7.15. The number of benzene rings is 2. The van der Waals surface area contributed by atoms with Gasteiger partial charge in [-0.05, 0) is 36.3 Å². The molecule has 0 aliphatic rings. The molecule has 0 aliphatic heterocycles. The van der Waals surface area contributed by atoms with Crippen molar-refractivity contribution >= 4 is 28.5 Å². The number of carbonyl (C=O) groups is 1. The Bertz CT molecular complexity index is 1150. The van der Waals surface area contributed by atoms with E-state index in [4.69, 9.17) is 9.47 Å². The largest absolute Gasteiger partial charge is 0.493 e. The smallest absolute Gasteiger partial charge is 0.268 e. The third-order valence-electron chi connectivity index (χ3n) is 4.19. The summed E-state index contributed by atoms with van der Waals surface area (Å²) in [4.78, 5) is 12.4. The monoisotopic (exact) mass is 438 g/mol. The molecule has 31 heavy (non-hydrogen) atoms. The summed E-state index contributed by atoms with van der Waals surface area (Å²) in [6, 6.07) is 13.2. The van der Waals surface area contributed by atoms with Crippen LogP contribution >= 0.6 is 11.3 Å². The molecule has 158 valence electrons. The molecule has 0 atom stereocenters. The molecule has 0 aliphatic carbocycles. The van der Waals surface area contributed by atoms with E-state index in [1.165, 1.54) is 30.6 Å². The number of ether oxygens (including phenoxy) is 2. The Morgan fingerprint density at radius 2 is 2.06 bits per heavy atom. The van der Waals surface area contributed by atoms with Crippen LogP contribution in [0.25, 0.3) is 6.08 Å². The van der Waals surface area contributed by atoms with Gasteiger partial charge < -0.3 is 9.47 Å². The van der Waals surface area contributed by atoms with Gasteiger partial charge in [0, 0.05) is 5.56 Å². The molecule has 3 aromatic rings. The van der Waals surface area contributed by atoms with Gasteiger partial charge in [-0.3, -0.25) is 10.1 Å². The minimum absolute atomic E-state index is 0.0334. The molecule has 7 nitrogen and oxygen atoms in total. The zero-order valence-electron chi connectivity index (χ0n) is 16.9. The summed E-state index contributed by atoms with van der Waals surface area (Å²) < 4.78 is 24.8. The van der Waals surface area contributed by atoms with Crippen LogP contribution in [0.3, 0.4) is 0 Å². The highest BCUT2D eigenvalue weighted by Gasteiger charge is 2.14. The maximum absolute atomic E-state index is 13.8. The zero-order valence-corrected chi connectivity index (χ0v) is 17.7. The van der Waals surface area contributed by atoms with Crippen molar-refractivity contribution in [1.82, 2.24) is 10.2 Å². The maximum atomic E-state index is 13.8. The van der Waals surface area contributed by atoms with Crippen molar-refractivity contribution in [2.45, 2.75) is 20.0 Å². The van der Waals surface area contributed by atoms with Crippen LogP contribution in [-0.4, -0.2) is 23.2 Å². The number of nitrogens with one attached hydrogen (secondary N) is 1. The van der Waals surface area contributed by atoms with Gasteiger partial charge in [-0.1, -0.05) is 42.5 Å². The van der Waals surface area contributed by atoms with Gasteiger partial charge in [0.05, 0.1) is 7.11 Å². The maximum Gasteiger partial charge on any atom is 0.268 e. The number of anilines is 1. The van der Waals surface area contributed by atoms with Crippen LogP contribution in [-0.2, 0) is 17.8 Å². The normalized spacial score (nSPS) is 11.0. The Morgan fingerprint density at radius 1 is 1.26 bits per heavy atom. The third-order valence-corrected chi connectivity index (χ3v) is 5.18. The number of rotatable bonds is 8. The van der Waals surface area contributed by atoms with Crippen LogP contribution in [0.4, 0.5) is 9.52 Å². The molecule has 0 spiro atoms. The Balaban J connectivity index is 1.75.